The SMILES string of the molecule is Cn1[nH]c(C(F)(F)F)c(CF)c1=O. The molecule has 0 saturated heterocycles. The Hall–Kier alpha value is -1.27. The number of H-pyrrole nitrogens is 1. The van der Waals surface area contributed by atoms with Crippen LogP contribution in [0.4, 0.5) is 17.6 Å². The highest BCUT2D eigenvalue weighted by molar-refractivity contribution is 5.19. The van der Waals surface area contributed by atoms with Gasteiger partial charge in [-0.1, -0.05) is 0 Å². The molecule has 0 fully saturated rings. The van der Waals surface area contributed by atoms with Gasteiger partial charge in [0.15, 0.2) is 0 Å². The first-order chi connectivity index (χ1) is 5.88. The standard InChI is InChI=1S/C6H6F4N2O/c1-12-5(13)3(2-7)4(11-12)6(8,9)10/h11H,2H2,1H3. The number of halogens is 4. The summed E-state index contributed by atoms with van der Waals surface area (Å²) in [5.41, 5.74) is -3.19. The summed E-state index contributed by atoms with van der Waals surface area (Å²) in [6, 6.07) is 0. The fourth-order valence-electron chi connectivity index (χ4n) is 0.954. The van der Waals surface area contributed by atoms with E-state index >= 15 is 0 Å². The molecule has 0 radical (unpaired) electrons. The third-order valence-corrected chi connectivity index (χ3v) is 1.56. The first-order valence-electron chi connectivity index (χ1n) is 3.29. The monoisotopic (exact) mass is 198 g/mol. The Balaban J connectivity index is 3.39. The number of hydrogen-bond acceptors (Lipinski definition) is 1. The fraction of sp³-hybridized carbons (Fsp3) is 0.500. The Bertz CT molecular complexity index is 362. The van der Waals surface area contributed by atoms with Gasteiger partial charge in [-0.2, -0.15) is 13.2 Å². The van der Waals surface area contributed by atoms with E-state index in [2.05, 4.69) is 0 Å². The van der Waals surface area contributed by atoms with E-state index in [0.29, 0.717) is 4.68 Å². The number of nitrogens with one attached hydrogen (secondary N) is 1. The predicted octanol–water partition coefficient (Wildman–Crippen LogP) is 1.20. The van der Waals surface area contributed by atoms with Gasteiger partial charge in [0.05, 0.1) is 5.56 Å². The summed E-state index contributed by atoms with van der Waals surface area (Å²) in [4.78, 5) is 10.9. The third kappa shape index (κ3) is 1.58. The van der Waals surface area contributed by atoms with Crippen molar-refractivity contribution in [1.82, 2.24) is 9.78 Å². The van der Waals surface area contributed by atoms with Gasteiger partial charge in [-0.25, -0.2) is 4.39 Å². The summed E-state index contributed by atoms with van der Waals surface area (Å²) in [6.45, 7) is -1.43. The molecule has 0 aliphatic rings. The predicted molar refractivity (Wildman–Crippen MR) is 35.8 cm³/mol. The zero-order valence-electron chi connectivity index (χ0n) is 6.57. The van der Waals surface area contributed by atoms with Crippen LogP contribution in [0, 0.1) is 0 Å². The van der Waals surface area contributed by atoms with Crippen LogP contribution in [0.3, 0.4) is 0 Å². The van der Waals surface area contributed by atoms with Gasteiger partial charge in [-0.3, -0.25) is 14.6 Å². The first-order valence-corrected chi connectivity index (χ1v) is 3.29. The first kappa shape index (κ1) is 9.82. The smallest absolute Gasteiger partial charge is 0.291 e. The van der Waals surface area contributed by atoms with Crippen LogP contribution < -0.4 is 5.56 Å². The van der Waals surface area contributed by atoms with E-state index < -0.39 is 29.7 Å². The Kier molecular flexibility index (Phi) is 2.19. The summed E-state index contributed by atoms with van der Waals surface area (Å²) < 4.78 is 48.9. The van der Waals surface area contributed by atoms with Gasteiger partial charge in [-0.05, 0) is 0 Å². The summed E-state index contributed by atoms with van der Waals surface area (Å²) in [5.74, 6) is 0. The van der Waals surface area contributed by atoms with Gasteiger partial charge in [0.1, 0.15) is 12.4 Å². The highest BCUT2D eigenvalue weighted by atomic mass is 19.4. The highest BCUT2D eigenvalue weighted by Crippen LogP contribution is 2.29. The maximum atomic E-state index is 12.1. The molecule has 1 heterocycles. The molecule has 0 atom stereocenters. The molecule has 0 aromatic carbocycles. The van der Waals surface area contributed by atoms with Crippen LogP contribution in [-0.2, 0) is 19.9 Å². The van der Waals surface area contributed by atoms with Gasteiger partial charge < -0.3 is 0 Å². The van der Waals surface area contributed by atoms with Crippen molar-refractivity contribution in [2.45, 2.75) is 12.9 Å². The number of aromatic amines is 1. The van der Waals surface area contributed by atoms with Crippen molar-refractivity contribution in [3.8, 4) is 0 Å². The summed E-state index contributed by atoms with van der Waals surface area (Å²) in [5, 5.41) is 1.74. The molecule has 0 aliphatic carbocycles. The lowest BCUT2D eigenvalue weighted by Gasteiger charge is -2.03. The summed E-state index contributed by atoms with van der Waals surface area (Å²) in [6.07, 6.45) is -4.72. The molecule has 0 unspecified atom stereocenters. The molecule has 0 bridgehead atoms. The molecule has 0 aliphatic heterocycles. The van der Waals surface area contributed by atoms with Crippen molar-refractivity contribution in [1.29, 1.82) is 0 Å². The van der Waals surface area contributed by atoms with E-state index in [9.17, 15) is 22.4 Å². The molecule has 0 saturated carbocycles. The van der Waals surface area contributed by atoms with Crippen LogP contribution >= 0.6 is 0 Å². The summed E-state index contributed by atoms with van der Waals surface area (Å²) in [7, 11) is 1.09. The lowest BCUT2D eigenvalue weighted by atomic mass is 10.2. The van der Waals surface area contributed by atoms with Crippen LogP contribution in [-0.4, -0.2) is 9.78 Å². The number of alkyl halides is 4. The molecule has 7 heteroatoms. The molecule has 1 aromatic heterocycles. The van der Waals surface area contributed by atoms with Crippen LogP contribution in [0.15, 0.2) is 4.79 Å². The third-order valence-electron chi connectivity index (χ3n) is 1.56. The molecule has 1 rings (SSSR count). The topological polar surface area (TPSA) is 37.8 Å². The number of rotatable bonds is 1. The van der Waals surface area contributed by atoms with Gasteiger partial charge in [-0.15, -0.1) is 0 Å². The van der Waals surface area contributed by atoms with Gasteiger partial charge in [0.2, 0.25) is 0 Å². The van der Waals surface area contributed by atoms with Crippen molar-refractivity contribution in [2.75, 3.05) is 0 Å². The molecule has 0 spiro atoms. The van der Waals surface area contributed by atoms with Crippen molar-refractivity contribution in [3.05, 3.63) is 21.6 Å². The molecule has 1 N–H and O–H groups in total. The number of aryl methyl sites for hydroxylation is 1. The average Bonchev–Trinajstić information content (AvgIpc) is 2.28. The number of aromatic nitrogens is 2. The normalized spacial score (nSPS) is 12.1. The fourth-order valence-corrected chi connectivity index (χ4v) is 0.954. The van der Waals surface area contributed by atoms with Crippen LogP contribution in [0.1, 0.15) is 11.3 Å². The minimum absolute atomic E-state index is 0.595. The zero-order valence-corrected chi connectivity index (χ0v) is 6.57. The average molecular weight is 198 g/mol. The van der Waals surface area contributed by atoms with Gasteiger partial charge in [0, 0.05) is 7.05 Å². The largest absolute Gasteiger partial charge is 0.433 e. The maximum Gasteiger partial charge on any atom is 0.433 e. The van der Waals surface area contributed by atoms with Crippen LogP contribution in [0.5, 0.6) is 0 Å². The molecular weight excluding hydrogens is 192 g/mol. The second-order valence-corrected chi connectivity index (χ2v) is 2.46. The minimum Gasteiger partial charge on any atom is -0.291 e. The second-order valence-electron chi connectivity index (χ2n) is 2.46. The maximum absolute atomic E-state index is 12.1. The van der Waals surface area contributed by atoms with E-state index in [4.69, 9.17) is 0 Å². The van der Waals surface area contributed by atoms with Crippen LogP contribution in [0.25, 0.3) is 0 Å². The van der Waals surface area contributed by atoms with Crippen molar-refractivity contribution in [3.63, 3.8) is 0 Å². The lowest BCUT2D eigenvalue weighted by Crippen LogP contribution is -2.15. The van der Waals surface area contributed by atoms with E-state index in [-0.39, 0.29) is 0 Å². The molecule has 3 nitrogen and oxygen atoms in total. The van der Waals surface area contributed by atoms with Gasteiger partial charge >= 0.3 is 6.18 Å². The Morgan fingerprint density at radius 3 is 2.31 bits per heavy atom. The molecule has 74 valence electrons. The van der Waals surface area contributed by atoms with Crippen molar-refractivity contribution >= 4 is 0 Å². The molecule has 13 heavy (non-hydrogen) atoms. The Labute approximate surface area is 70.0 Å². The molecule has 0 amide bonds. The lowest BCUT2D eigenvalue weighted by molar-refractivity contribution is -0.142. The number of hydrogen-bond donors (Lipinski definition) is 1. The Morgan fingerprint density at radius 1 is 1.46 bits per heavy atom. The van der Waals surface area contributed by atoms with E-state index in [0.717, 1.165) is 7.05 Å². The number of nitrogens with zero attached hydrogens (tertiary/aromatic N) is 1. The van der Waals surface area contributed by atoms with E-state index in [1.54, 1.807) is 5.10 Å². The van der Waals surface area contributed by atoms with E-state index in [1.807, 2.05) is 0 Å². The van der Waals surface area contributed by atoms with Crippen molar-refractivity contribution < 1.29 is 17.6 Å². The minimum atomic E-state index is -4.72. The van der Waals surface area contributed by atoms with Crippen LogP contribution in [0.2, 0.25) is 0 Å². The van der Waals surface area contributed by atoms with Gasteiger partial charge in [0.25, 0.3) is 5.56 Å². The highest BCUT2D eigenvalue weighted by Gasteiger charge is 2.37. The summed E-state index contributed by atoms with van der Waals surface area (Å²) >= 11 is 0. The Morgan fingerprint density at radius 2 is 2.00 bits per heavy atom. The van der Waals surface area contributed by atoms with Crippen molar-refractivity contribution in [2.24, 2.45) is 7.05 Å². The molecular formula is C6H6F4N2O. The zero-order chi connectivity index (χ0) is 10.2. The quantitative estimate of drug-likeness (QED) is 0.676. The molecule has 1 aromatic rings. The van der Waals surface area contributed by atoms with E-state index in [1.165, 1.54) is 0 Å². The second kappa shape index (κ2) is 2.90.